The third kappa shape index (κ3) is 2.80. The van der Waals surface area contributed by atoms with Crippen molar-refractivity contribution in [1.29, 1.82) is 0 Å². The molecule has 0 heterocycles. The van der Waals surface area contributed by atoms with E-state index in [1.807, 2.05) is 6.07 Å². The zero-order chi connectivity index (χ0) is 12.2. The minimum absolute atomic E-state index is 0.210. The van der Waals surface area contributed by atoms with Crippen LogP contribution in [0.5, 0.6) is 0 Å². The second-order valence-corrected chi connectivity index (χ2v) is 3.72. The summed E-state index contributed by atoms with van der Waals surface area (Å²) in [4.78, 5) is 22.3. The van der Waals surface area contributed by atoms with E-state index in [1.54, 1.807) is 31.2 Å². The van der Waals surface area contributed by atoms with Gasteiger partial charge in [0.15, 0.2) is 0 Å². The Labute approximate surface area is 93.8 Å². The van der Waals surface area contributed by atoms with Gasteiger partial charge in [0, 0.05) is 0 Å². The van der Waals surface area contributed by atoms with Crippen LogP contribution in [-0.2, 0) is 15.1 Å². The van der Waals surface area contributed by atoms with Crippen molar-refractivity contribution in [3.8, 4) is 0 Å². The zero-order valence-corrected chi connectivity index (χ0v) is 9.07. The van der Waals surface area contributed by atoms with Gasteiger partial charge in [-0.3, -0.25) is 9.59 Å². The minimum Gasteiger partial charge on any atom is -0.368 e. The second-order valence-electron chi connectivity index (χ2n) is 3.72. The maximum Gasteiger partial charge on any atom is 0.244 e. The molecule has 2 amide bonds. The Bertz CT molecular complexity index is 387. The van der Waals surface area contributed by atoms with Crippen LogP contribution in [0.2, 0.25) is 0 Å². The van der Waals surface area contributed by atoms with Crippen LogP contribution >= 0.6 is 0 Å². The largest absolute Gasteiger partial charge is 0.368 e. The molecule has 0 aromatic heterocycles. The maximum atomic E-state index is 11.7. The van der Waals surface area contributed by atoms with Gasteiger partial charge in [0.25, 0.3) is 0 Å². The molecule has 0 bridgehead atoms. The molecule has 1 rings (SSSR count). The molecule has 0 aliphatic heterocycles. The molecule has 0 fully saturated rings. The van der Waals surface area contributed by atoms with Crippen molar-refractivity contribution in [3.63, 3.8) is 0 Å². The highest BCUT2D eigenvalue weighted by atomic mass is 16.2. The highest BCUT2D eigenvalue weighted by molar-refractivity contribution is 5.90. The summed E-state index contributed by atoms with van der Waals surface area (Å²) in [6.45, 7) is 1.37. The number of primary amides is 1. The molecule has 5 heteroatoms. The molecule has 86 valence electrons. The molecule has 0 radical (unpaired) electrons. The maximum absolute atomic E-state index is 11.7. The van der Waals surface area contributed by atoms with Crippen LogP contribution in [0.15, 0.2) is 30.3 Å². The highest BCUT2D eigenvalue weighted by Gasteiger charge is 2.30. The lowest BCUT2D eigenvalue weighted by Crippen LogP contribution is -2.50. The standard InChI is InChI=1S/C11H15N3O2/c1-11(13,8-5-3-2-4-6-8)10(16)14-7-9(12)15/h2-6H,7,13H2,1H3,(H2,12,15)(H,14,16). The van der Waals surface area contributed by atoms with Gasteiger partial charge in [-0.1, -0.05) is 30.3 Å². The fraction of sp³-hybridized carbons (Fsp3) is 0.273. The van der Waals surface area contributed by atoms with E-state index < -0.39 is 17.4 Å². The van der Waals surface area contributed by atoms with Crippen molar-refractivity contribution in [2.24, 2.45) is 11.5 Å². The van der Waals surface area contributed by atoms with Gasteiger partial charge in [-0.15, -0.1) is 0 Å². The normalized spacial score (nSPS) is 13.9. The first kappa shape index (κ1) is 12.2. The Morgan fingerprint density at radius 1 is 1.31 bits per heavy atom. The van der Waals surface area contributed by atoms with Crippen LogP contribution in [-0.4, -0.2) is 18.4 Å². The summed E-state index contributed by atoms with van der Waals surface area (Å²) in [5.41, 5.74) is 10.3. The molecule has 1 atom stereocenters. The van der Waals surface area contributed by atoms with E-state index >= 15 is 0 Å². The van der Waals surface area contributed by atoms with E-state index in [9.17, 15) is 9.59 Å². The lowest BCUT2D eigenvalue weighted by Gasteiger charge is -2.23. The molecule has 0 aliphatic carbocycles. The third-order valence-corrected chi connectivity index (χ3v) is 2.27. The van der Waals surface area contributed by atoms with Gasteiger partial charge < -0.3 is 16.8 Å². The SMILES string of the molecule is CC(N)(C(=O)NCC(N)=O)c1ccccc1. The molecular weight excluding hydrogens is 206 g/mol. The van der Waals surface area contributed by atoms with Crippen molar-refractivity contribution in [1.82, 2.24) is 5.32 Å². The van der Waals surface area contributed by atoms with Gasteiger partial charge >= 0.3 is 0 Å². The average Bonchev–Trinajstić information content (AvgIpc) is 2.27. The van der Waals surface area contributed by atoms with Crippen molar-refractivity contribution in [2.75, 3.05) is 6.54 Å². The first-order valence-electron chi connectivity index (χ1n) is 4.85. The summed E-state index contributed by atoms with van der Waals surface area (Å²) in [6, 6.07) is 8.93. The molecule has 1 unspecified atom stereocenters. The predicted molar refractivity (Wildman–Crippen MR) is 60.2 cm³/mol. The van der Waals surface area contributed by atoms with Crippen LogP contribution < -0.4 is 16.8 Å². The fourth-order valence-corrected chi connectivity index (χ4v) is 1.27. The predicted octanol–water partition coefficient (Wildman–Crippen LogP) is -0.538. The molecular formula is C11H15N3O2. The van der Waals surface area contributed by atoms with E-state index in [-0.39, 0.29) is 6.54 Å². The van der Waals surface area contributed by atoms with Crippen LogP contribution in [0.25, 0.3) is 0 Å². The Morgan fingerprint density at radius 3 is 2.38 bits per heavy atom. The summed E-state index contributed by atoms with van der Waals surface area (Å²) >= 11 is 0. The molecule has 0 spiro atoms. The number of benzene rings is 1. The Kier molecular flexibility index (Phi) is 3.63. The van der Waals surface area contributed by atoms with E-state index in [0.717, 1.165) is 0 Å². The smallest absolute Gasteiger partial charge is 0.244 e. The van der Waals surface area contributed by atoms with Crippen molar-refractivity contribution < 1.29 is 9.59 Å². The minimum atomic E-state index is -1.17. The number of hydrogen-bond acceptors (Lipinski definition) is 3. The number of carbonyl (C=O) groups is 2. The molecule has 5 nitrogen and oxygen atoms in total. The Balaban J connectivity index is 2.78. The van der Waals surface area contributed by atoms with Crippen LogP contribution in [0.1, 0.15) is 12.5 Å². The van der Waals surface area contributed by atoms with Crippen LogP contribution in [0.4, 0.5) is 0 Å². The molecule has 5 N–H and O–H groups in total. The molecule has 0 aliphatic rings. The molecule has 1 aromatic rings. The average molecular weight is 221 g/mol. The van der Waals surface area contributed by atoms with Crippen molar-refractivity contribution >= 4 is 11.8 Å². The number of amides is 2. The molecule has 16 heavy (non-hydrogen) atoms. The van der Waals surface area contributed by atoms with E-state index in [1.165, 1.54) is 0 Å². The van der Waals surface area contributed by atoms with Gasteiger partial charge in [-0.25, -0.2) is 0 Å². The third-order valence-electron chi connectivity index (χ3n) is 2.27. The lowest BCUT2D eigenvalue weighted by molar-refractivity contribution is -0.128. The van der Waals surface area contributed by atoms with Gasteiger partial charge in [0.1, 0.15) is 5.54 Å². The first-order chi connectivity index (χ1) is 7.44. The number of rotatable bonds is 4. The summed E-state index contributed by atoms with van der Waals surface area (Å²) in [5, 5.41) is 2.38. The van der Waals surface area contributed by atoms with E-state index in [0.29, 0.717) is 5.56 Å². The lowest BCUT2D eigenvalue weighted by atomic mass is 9.92. The summed E-state index contributed by atoms with van der Waals surface area (Å²) in [6.07, 6.45) is 0. The van der Waals surface area contributed by atoms with E-state index in [4.69, 9.17) is 11.5 Å². The topological polar surface area (TPSA) is 98.2 Å². The highest BCUT2D eigenvalue weighted by Crippen LogP contribution is 2.16. The first-order valence-corrected chi connectivity index (χ1v) is 4.85. The number of hydrogen-bond donors (Lipinski definition) is 3. The molecule has 0 saturated heterocycles. The van der Waals surface area contributed by atoms with Gasteiger partial charge in [-0.05, 0) is 12.5 Å². The zero-order valence-electron chi connectivity index (χ0n) is 9.07. The number of nitrogens with one attached hydrogen (secondary N) is 1. The monoisotopic (exact) mass is 221 g/mol. The second kappa shape index (κ2) is 4.76. The number of carbonyl (C=O) groups excluding carboxylic acids is 2. The number of nitrogens with two attached hydrogens (primary N) is 2. The Hall–Kier alpha value is -1.88. The van der Waals surface area contributed by atoms with Crippen molar-refractivity contribution in [3.05, 3.63) is 35.9 Å². The summed E-state index contributed by atoms with van der Waals surface area (Å²) < 4.78 is 0. The van der Waals surface area contributed by atoms with Gasteiger partial charge in [0.05, 0.1) is 6.54 Å². The summed E-state index contributed by atoms with van der Waals surface area (Å²) in [7, 11) is 0. The fourth-order valence-electron chi connectivity index (χ4n) is 1.27. The van der Waals surface area contributed by atoms with Crippen molar-refractivity contribution in [2.45, 2.75) is 12.5 Å². The molecule has 0 saturated carbocycles. The van der Waals surface area contributed by atoms with Crippen LogP contribution in [0.3, 0.4) is 0 Å². The summed E-state index contributed by atoms with van der Waals surface area (Å²) in [5.74, 6) is -1.03. The van der Waals surface area contributed by atoms with Crippen LogP contribution in [0, 0.1) is 0 Å². The Morgan fingerprint density at radius 2 is 1.88 bits per heavy atom. The molecule has 1 aromatic carbocycles. The van der Waals surface area contributed by atoms with Gasteiger partial charge in [-0.2, -0.15) is 0 Å². The van der Waals surface area contributed by atoms with E-state index in [2.05, 4.69) is 5.32 Å². The van der Waals surface area contributed by atoms with Gasteiger partial charge in [0.2, 0.25) is 11.8 Å². The quantitative estimate of drug-likeness (QED) is 0.637.